The summed E-state index contributed by atoms with van der Waals surface area (Å²) in [6.45, 7) is 1.22. The Morgan fingerprint density at radius 1 is 1.63 bits per heavy atom. The maximum absolute atomic E-state index is 12.3. The molecule has 19 heavy (non-hydrogen) atoms. The molecule has 0 bridgehead atoms. The molecule has 0 aliphatic carbocycles. The minimum Gasteiger partial charge on any atom is -0.379 e. The summed E-state index contributed by atoms with van der Waals surface area (Å²) in [7, 11) is 0. The van der Waals surface area contributed by atoms with Crippen molar-refractivity contribution in [2.24, 2.45) is 0 Å². The maximum atomic E-state index is 12.3. The molecule has 0 unspecified atom stereocenters. The number of halogens is 1. The van der Waals surface area contributed by atoms with Crippen molar-refractivity contribution in [2.75, 3.05) is 18.9 Å². The van der Waals surface area contributed by atoms with Gasteiger partial charge >= 0.3 is 0 Å². The van der Waals surface area contributed by atoms with Gasteiger partial charge in [0.15, 0.2) is 5.65 Å². The fourth-order valence-electron chi connectivity index (χ4n) is 2.05. The van der Waals surface area contributed by atoms with Gasteiger partial charge < -0.3 is 15.8 Å². The number of ether oxygens (including phenoxy) is 1. The summed E-state index contributed by atoms with van der Waals surface area (Å²) in [5.74, 6) is -0.0643. The van der Waals surface area contributed by atoms with Crippen LogP contribution >= 0.6 is 15.9 Å². The molecule has 3 rings (SSSR count). The Bertz CT molecular complexity index is 635. The van der Waals surface area contributed by atoms with E-state index in [4.69, 9.17) is 10.5 Å². The van der Waals surface area contributed by atoms with E-state index in [9.17, 15) is 4.79 Å². The van der Waals surface area contributed by atoms with Crippen molar-refractivity contribution in [3.63, 3.8) is 0 Å². The Labute approximate surface area is 117 Å². The van der Waals surface area contributed by atoms with E-state index in [0.717, 1.165) is 10.9 Å². The van der Waals surface area contributed by atoms with Crippen LogP contribution in [0.4, 0.5) is 5.95 Å². The maximum Gasteiger partial charge on any atom is 0.255 e. The number of nitrogens with two attached hydrogens (primary N) is 1. The van der Waals surface area contributed by atoms with Crippen LogP contribution in [0.1, 0.15) is 16.8 Å². The van der Waals surface area contributed by atoms with Crippen molar-refractivity contribution in [3.8, 4) is 0 Å². The molecule has 0 aromatic carbocycles. The smallest absolute Gasteiger partial charge is 0.255 e. The number of anilines is 1. The number of hydrogen-bond acceptors (Lipinski definition) is 5. The second kappa shape index (κ2) is 4.78. The van der Waals surface area contributed by atoms with Crippen LogP contribution in [0.15, 0.2) is 16.7 Å². The lowest BCUT2D eigenvalue weighted by molar-refractivity contribution is 0.0931. The third-order valence-electron chi connectivity index (χ3n) is 2.93. The SMILES string of the molecule is Nc1nc2c(C(=O)N[C@H]3CCOC3)cc(Br)cn2n1. The average molecular weight is 326 g/mol. The van der Waals surface area contributed by atoms with E-state index in [1.165, 1.54) is 4.52 Å². The number of carbonyl (C=O) groups excluding carboxylic acids is 1. The Kier molecular flexibility index (Phi) is 3.11. The molecule has 3 heterocycles. The Hall–Kier alpha value is -1.67. The highest BCUT2D eigenvalue weighted by atomic mass is 79.9. The average Bonchev–Trinajstić information content (AvgIpc) is 2.96. The van der Waals surface area contributed by atoms with E-state index >= 15 is 0 Å². The number of pyridine rings is 1. The fourth-order valence-corrected chi connectivity index (χ4v) is 2.47. The standard InChI is InChI=1S/C11H12BrN5O2/c12-6-3-8(9-15-11(13)16-17(9)4-6)10(18)14-7-1-2-19-5-7/h3-4,7H,1-2,5H2,(H2,13,16)(H,14,18)/t7-/m0/s1. The summed E-state index contributed by atoms with van der Waals surface area (Å²) in [4.78, 5) is 16.3. The molecule has 1 atom stereocenters. The number of fused-ring (bicyclic) bond motifs is 1. The fraction of sp³-hybridized carbons (Fsp3) is 0.364. The summed E-state index contributed by atoms with van der Waals surface area (Å²) in [6.07, 6.45) is 2.53. The number of rotatable bonds is 2. The number of hydrogen-bond donors (Lipinski definition) is 2. The van der Waals surface area contributed by atoms with Crippen molar-refractivity contribution in [1.29, 1.82) is 0 Å². The summed E-state index contributed by atoms with van der Waals surface area (Å²) in [5.41, 5.74) is 6.44. The minimum atomic E-state index is -0.200. The van der Waals surface area contributed by atoms with Crippen LogP contribution in [0.2, 0.25) is 0 Å². The highest BCUT2D eigenvalue weighted by Crippen LogP contribution is 2.18. The van der Waals surface area contributed by atoms with Crippen LogP contribution in [0.3, 0.4) is 0 Å². The first-order valence-electron chi connectivity index (χ1n) is 5.83. The second-order valence-electron chi connectivity index (χ2n) is 4.34. The van der Waals surface area contributed by atoms with Crippen LogP contribution in [0, 0.1) is 0 Å². The van der Waals surface area contributed by atoms with Gasteiger partial charge in [-0.15, -0.1) is 5.10 Å². The van der Waals surface area contributed by atoms with Gasteiger partial charge in [0.05, 0.1) is 18.2 Å². The number of carbonyl (C=O) groups is 1. The number of nitrogen functional groups attached to an aromatic ring is 1. The zero-order valence-corrected chi connectivity index (χ0v) is 11.6. The molecular weight excluding hydrogens is 314 g/mol. The first-order chi connectivity index (χ1) is 9.13. The molecule has 2 aromatic heterocycles. The summed E-state index contributed by atoms with van der Waals surface area (Å²) in [5, 5.41) is 6.91. The van der Waals surface area contributed by atoms with Crippen LogP contribution < -0.4 is 11.1 Å². The normalized spacial score (nSPS) is 18.9. The summed E-state index contributed by atoms with van der Waals surface area (Å²) in [6, 6.07) is 1.75. The Morgan fingerprint density at radius 3 is 3.21 bits per heavy atom. The molecule has 1 aliphatic heterocycles. The van der Waals surface area contributed by atoms with Gasteiger partial charge in [-0.2, -0.15) is 4.98 Å². The lowest BCUT2D eigenvalue weighted by Crippen LogP contribution is -2.35. The minimum absolute atomic E-state index is 0.0480. The molecule has 3 N–H and O–H groups in total. The zero-order valence-electron chi connectivity index (χ0n) is 9.97. The molecule has 100 valence electrons. The van der Waals surface area contributed by atoms with E-state index in [-0.39, 0.29) is 17.9 Å². The molecule has 0 saturated carbocycles. The quantitative estimate of drug-likeness (QED) is 0.842. The number of aromatic nitrogens is 3. The number of nitrogens with one attached hydrogen (secondary N) is 1. The van der Waals surface area contributed by atoms with Crippen molar-refractivity contribution < 1.29 is 9.53 Å². The third kappa shape index (κ3) is 2.41. The third-order valence-corrected chi connectivity index (χ3v) is 3.36. The number of amides is 1. The van der Waals surface area contributed by atoms with E-state index in [1.54, 1.807) is 12.3 Å². The van der Waals surface area contributed by atoms with E-state index in [1.807, 2.05) is 0 Å². The van der Waals surface area contributed by atoms with Gasteiger partial charge in [0.1, 0.15) is 0 Å². The van der Waals surface area contributed by atoms with Gasteiger partial charge in [-0.05, 0) is 28.4 Å². The Balaban J connectivity index is 1.96. The molecule has 1 aliphatic rings. The molecule has 1 fully saturated rings. The van der Waals surface area contributed by atoms with Crippen molar-refractivity contribution >= 4 is 33.4 Å². The lowest BCUT2D eigenvalue weighted by atomic mass is 10.2. The van der Waals surface area contributed by atoms with Gasteiger partial charge in [0.2, 0.25) is 5.95 Å². The topological polar surface area (TPSA) is 94.5 Å². The predicted octanol–water partition coefficient (Wildman–Crippen LogP) is 0.593. The summed E-state index contributed by atoms with van der Waals surface area (Å²) < 4.78 is 7.45. The molecule has 0 spiro atoms. The monoisotopic (exact) mass is 325 g/mol. The molecular formula is C11H12BrN5O2. The van der Waals surface area contributed by atoms with Gasteiger partial charge in [-0.25, -0.2) is 4.52 Å². The van der Waals surface area contributed by atoms with Crippen molar-refractivity contribution in [2.45, 2.75) is 12.5 Å². The zero-order chi connectivity index (χ0) is 13.4. The predicted molar refractivity (Wildman–Crippen MR) is 71.8 cm³/mol. The van der Waals surface area contributed by atoms with Gasteiger partial charge in [-0.3, -0.25) is 4.79 Å². The first-order valence-corrected chi connectivity index (χ1v) is 6.63. The molecule has 2 aromatic rings. The van der Waals surface area contributed by atoms with E-state index in [2.05, 4.69) is 31.3 Å². The molecule has 1 saturated heterocycles. The van der Waals surface area contributed by atoms with Crippen LogP contribution in [-0.2, 0) is 4.74 Å². The van der Waals surface area contributed by atoms with Crippen LogP contribution in [-0.4, -0.2) is 39.8 Å². The highest BCUT2D eigenvalue weighted by Gasteiger charge is 2.21. The van der Waals surface area contributed by atoms with Gasteiger partial charge in [0.25, 0.3) is 5.91 Å². The molecule has 8 heteroatoms. The van der Waals surface area contributed by atoms with Crippen molar-refractivity contribution in [1.82, 2.24) is 19.9 Å². The molecule has 0 radical (unpaired) electrons. The van der Waals surface area contributed by atoms with Crippen molar-refractivity contribution in [3.05, 3.63) is 22.3 Å². The second-order valence-corrected chi connectivity index (χ2v) is 5.26. The molecule has 7 nitrogen and oxygen atoms in total. The Morgan fingerprint density at radius 2 is 2.47 bits per heavy atom. The van der Waals surface area contributed by atoms with E-state index < -0.39 is 0 Å². The van der Waals surface area contributed by atoms with E-state index in [0.29, 0.717) is 24.4 Å². The lowest BCUT2D eigenvalue weighted by Gasteiger charge is -2.11. The highest BCUT2D eigenvalue weighted by molar-refractivity contribution is 9.10. The first kappa shape index (κ1) is 12.4. The molecule has 1 amide bonds. The van der Waals surface area contributed by atoms with Gasteiger partial charge in [-0.1, -0.05) is 0 Å². The summed E-state index contributed by atoms with van der Waals surface area (Å²) >= 11 is 3.34. The van der Waals surface area contributed by atoms with Gasteiger partial charge in [0, 0.05) is 17.3 Å². The largest absolute Gasteiger partial charge is 0.379 e. The van der Waals surface area contributed by atoms with Crippen LogP contribution in [0.5, 0.6) is 0 Å². The van der Waals surface area contributed by atoms with Crippen LogP contribution in [0.25, 0.3) is 5.65 Å². The number of nitrogens with zero attached hydrogens (tertiary/aromatic N) is 3.